The lowest BCUT2D eigenvalue weighted by molar-refractivity contribution is 0.0135. The van der Waals surface area contributed by atoms with E-state index in [1.54, 1.807) is 6.26 Å². The van der Waals surface area contributed by atoms with Crippen LogP contribution in [-0.2, 0) is 5.92 Å². The van der Waals surface area contributed by atoms with Crippen LogP contribution in [0.1, 0.15) is 12.5 Å². The Balaban J connectivity index is 3.19. The van der Waals surface area contributed by atoms with Crippen LogP contribution in [0, 0.1) is 5.82 Å². The third kappa shape index (κ3) is 2.40. The standard InChI is InChI=1S/C9H9F3S/c1-9(11,12)7-5-6(13-2)3-4-8(7)10/h3-5H,1-2H3. The molecule has 0 aliphatic rings. The first-order valence-electron chi connectivity index (χ1n) is 3.67. The maximum atomic E-state index is 12.9. The minimum absolute atomic E-state index is 0.542. The van der Waals surface area contributed by atoms with Crippen LogP contribution in [0.2, 0.25) is 0 Å². The number of rotatable bonds is 2. The van der Waals surface area contributed by atoms with Crippen LogP contribution in [0.4, 0.5) is 13.2 Å². The van der Waals surface area contributed by atoms with Crippen molar-refractivity contribution in [3.8, 4) is 0 Å². The summed E-state index contributed by atoms with van der Waals surface area (Å²) in [6, 6.07) is 3.73. The van der Waals surface area contributed by atoms with Crippen LogP contribution in [0.3, 0.4) is 0 Å². The van der Waals surface area contributed by atoms with Crippen molar-refractivity contribution in [2.75, 3.05) is 6.26 Å². The summed E-state index contributed by atoms with van der Waals surface area (Å²) >= 11 is 1.31. The molecule has 1 rings (SSSR count). The molecule has 0 amide bonds. The quantitative estimate of drug-likeness (QED) is 0.665. The minimum atomic E-state index is -3.12. The maximum absolute atomic E-state index is 12.9. The molecule has 0 aliphatic carbocycles. The van der Waals surface area contributed by atoms with Gasteiger partial charge in [0.25, 0.3) is 5.92 Å². The monoisotopic (exact) mass is 206 g/mol. The summed E-state index contributed by atoms with van der Waals surface area (Å²) in [5, 5.41) is 0. The summed E-state index contributed by atoms with van der Waals surface area (Å²) in [6.07, 6.45) is 1.75. The van der Waals surface area contributed by atoms with E-state index in [2.05, 4.69) is 0 Å². The molecule has 0 fully saturated rings. The van der Waals surface area contributed by atoms with Crippen LogP contribution >= 0.6 is 11.8 Å². The molecular formula is C9H9F3S. The van der Waals surface area contributed by atoms with Crippen molar-refractivity contribution in [1.29, 1.82) is 0 Å². The molecule has 0 spiro atoms. The summed E-state index contributed by atoms with van der Waals surface area (Å²) in [7, 11) is 0. The van der Waals surface area contributed by atoms with E-state index in [-0.39, 0.29) is 0 Å². The average Bonchev–Trinajstić information content (AvgIpc) is 2.03. The second-order valence-electron chi connectivity index (χ2n) is 2.73. The van der Waals surface area contributed by atoms with Crippen molar-refractivity contribution < 1.29 is 13.2 Å². The first kappa shape index (κ1) is 10.4. The Labute approximate surface area is 79.1 Å². The van der Waals surface area contributed by atoms with E-state index in [0.717, 1.165) is 6.07 Å². The topological polar surface area (TPSA) is 0 Å². The van der Waals surface area contributed by atoms with Crippen molar-refractivity contribution in [2.45, 2.75) is 17.7 Å². The Bertz CT molecular complexity index is 304. The van der Waals surface area contributed by atoms with Gasteiger partial charge in [-0.2, -0.15) is 0 Å². The molecule has 0 heterocycles. The van der Waals surface area contributed by atoms with E-state index in [1.807, 2.05) is 0 Å². The molecule has 0 saturated heterocycles. The van der Waals surface area contributed by atoms with Gasteiger partial charge in [-0.1, -0.05) is 0 Å². The molecule has 0 atom stereocenters. The first-order valence-corrected chi connectivity index (χ1v) is 4.89. The number of halogens is 3. The molecule has 1 aromatic rings. The average molecular weight is 206 g/mol. The van der Waals surface area contributed by atoms with Gasteiger partial charge >= 0.3 is 0 Å². The zero-order valence-corrected chi connectivity index (χ0v) is 8.09. The van der Waals surface area contributed by atoms with Crippen molar-refractivity contribution >= 4 is 11.8 Å². The fourth-order valence-corrected chi connectivity index (χ4v) is 1.41. The van der Waals surface area contributed by atoms with E-state index < -0.39 is 17.3 Å². The van der Waals surface area contributed by atoms with E-state index >= 15 is 0 Å². The maximum Gasteiger partial charge on any atom is 0.273 e. The molecular weight excluding hydrogens is 197 g/mol. The highest BCUT2D eigenvalue weighted by Gasteiger charge is 2.28. The van der Waals surface area contributed by atoms with Crippen LogP contribution in [0.15, 0.2) is 23.1 Å². The summed E-state index contributed by atoms with van der Waals surface area (Å²) in [6.45, 7) is 0.690. The Kier molecular flexibility index (Phi) is 2.91. The summed E-state index contributed by atoms with van der Waals surface area (Å²) in [5.41, 5.74) is -0.542. The normalized spacial score (nSPS) is 11.8. The molecule has 0 aliphatic heterocycles. The van der Waals surface area contributed by atoms with E-state index in [4.69, 9.17) is 0 Å². The Morgan fingerprint density at radius 1 is 1.31 bits per heavy atom. The molecule has 0 saturated carbocycles. The van der Waals surface area contributed by atoms with Crippen LogP contribution in [0.5, 0.6) is 0 Å². The highest BCUT2D eigenvalue weighted by atomic mass is 32.2. The molecule has 0 radical (unpaired) electrons. The number of benzene rings is 1. The molecule has 4 heteroatoms. The third-order valence-electron chi connectivity index (χ3n) is 1.65. The molecule has 13 heavy (non-hydrogen) atoms. The van der Waals surface area contributed by atoms with Gasteiger partial charge in [0, 0.05) is 11.8 Å². The van der Waals surface area contributed by atoms with E-state index in [9.17, 15) is 13.2 Å². The Morgan fingerprint density at radius 2 is 1.92 bits per heavy atom. The van der Waals surface area contributed by atoms with Gasteiger partial charge < -0.3 is 0 Å². The summed E-state index contributed by atoms with van der Waals surface area (Å²) < 4.78 is 38.5. The van der Waals surface area contributed by atoms with Gasteiger partial charge in [-0.05, 0) is 24.5 Å². The van der Waals surface area contributed by atoms with Gasteiger partial charge in [-0.25, -0.2) is 13.2 Å². The number of hydrogen-bond donors (Lipinski definition) is 0. The molecule has 0 bridgehead atoms. The zero-order valence-electron chi connectivity index (χ0n) is 7.27. The van der Waals surface area contributed by atoms with Crippen LogP contribution in [-0.4, -0.2) is 6.26 Å². The lowest BCUT2D eigenvalue weighted by atomic mass is 10.1. The highest BCUT2D eigenvalue weighted by molar-refractivity contribution is 7.98. The Hall–Kier alpha value is -0.640. The highest BCUT2D eigenvalue weighted by Crippen LogP contribution is 2.31. The second kappa shape index (κ2) is 3.62. The predicted octanol–water partition coefficient (Wildman–Crippen LogP) is 3.66. The molecule has 72 valence electrons. The number of hydrogen-bond acceptors (Lipinski definition) is 1. The SMILES string of the molecule is CSc1ccc(F)c(C(C)(F)F)c1. The fourth-order valence-electron chi connectivity index (χ4n) is 0.968. The summed E-state index contributed by atoms with van der Waals surface area (Å²) in [4.78, 5) is 0.637. The van der Waals surface area contributed by atoms with Gasteiger partial charge in [-0.15, -0.1) is 11.8 Å². The smallest absolute Gasteiger partial charge is 0.206 e. The summed E-state index contributed by atoms with van der Waals surface area (Å²) in [5.74, 6) is -3.97. The van der Waals surface area contributed by atoms with Gasteiger partial charge in [0.05, 0.1) is 5.56 Å². The van der Waals surface area contributed by atoms with Crippen molar-refractivity contribution in [3.63, 3.8) is 0 Å². The van der Waals surface area contributed by atoms with Crippen LogP contribution < -0.4 is 0 Å². The van der Waals surface area contributed by atoms with Crippen LogP contribution in [0.25, 0.3) is 0 Å². The van der Waals surface area contributed by atoms with E-state index in [1.165, 1.54) is 23.9 Å². The number of thioether (sulfide) groups is 1. The lowest BCUT2D eigenvalue weighted by Crippen LogP contribution is -2.09. The van der Waals surface area contributed by atoms with Crippen molar-refractivity contribution in [1.82, 2.24) is 0 Å². The largest absolute Gasteiger partial charge is 0.273 e. The zero-order chi connectivity index (χ0) is 10.1. The molecule has 1 aromatic carbocycles. The minimum Gasteiger partial charge on any atom is -0.206 e. The van der Waals surface area contributed by atoms with Crippen molar-refractivity contribution in [3.05, 3.63) is 29.6 Å². The van der Waals surface area contributed by atoms with Gasteiger partial charge in [-0.3, -0.25) is 0 Å². The first-order chi connectivity index (χ1) is 5.95. The lowest BCUT2D eigenvalue weighted by Gasteiger charge is -2.12. The van der Waals surface area contributed by atoms with Gasteiger partial charge in [0.2, 0.25) is 0 Å². The van der Waals surface area contributed by atoms with Crippen molar-refractivity contribution in [2.24, 2.45) is 0 Å². The molecule has 0 aromatic heterocycles. The van der Waals surface area contributed by atoms with E-state index in [0.29, 0.717) is 11.8 Å². The van der Waals surface area contributed by atoms with Gasteiger partial charge in [0.15, 0.2) is 0 Å². The predicted molar refractivity (Wildman–Crippen MR) is 47.7 cm³/mol. The second-order valence-corrected chi connectivity index (χ2v) is 3.61. The van der Waals surface area contributed by atoms with Gasteiger partial charge in [0.1, 0.15) is 5.82 Å². The molecule has 0 nitrogen and oxygen atoms in total. The fraction of sp³-hybridized carbons (Fsp3) is 0.333. The third-order valence-corrected chi connectivity index (χ3v) is 2.37. The number of alkyl halides is 2. The Morgan fingerprint density at radius 3 is 2.38 bits per heavy atom. The molecule has 0 unspecified atom stereocenters. The molecule has 0 N–H and O–H groups in total.